The van der Waals surface area contributed by atoms with E-state index in [0.717, 1.165) is 6.42 Å². The van der Waals surface area contributed by atoms with Gasteiger partial charge in [0.2, 0.25) is 5.91 Å². The summed E-state index contributed by atoms with van der Waals surface area (Å²) < 4.78 is 5.21. The highest BCUT2D eigenvalue weighted by atomic mass is 32.1. The standard InChI is InChI=1S/C16H25NO3S/c1-12(11-13-7-6-10-21-13)17(5)14(18)8-9-15(19)20-16(2,3)4/h6-7,10,12H,8-9,11H2,1-5H3. The monoisotopic (exact) mass is 311 g/mol. The van der Waals surface area contributed by atoms with E-state index >= 15 is 0 Å². The molecule has 118 valence electrons. The summed E-state index contributed by atoms with van der Waals surface area (Å²) in [4.78, 5) is 26.7. The SMILES string of the molecule is CC(Cc1cccs1)N(C)C(=O)CCC(=O)OC(C)(C)C. The van der Waals surface area contributed by atoms with Crippen LogP contribution in [0.5, 0.6) is 0 Å². The largest absolute Gasteiger partial charge is 0.460 e. The van der Waals surface area contributed by atoms with Gasteiger partial charge in [0.25, 0.3) is 0 Å². The molecule has 5 heteroatoms. The minimum Gasteiger partial charge on any atom is -0.460 e. The molecule has 1 amide bonds. The van der Waals surface area contributed by atoms with E-state index in [0.29, 0.717) is 0 Å². The maximum absolute atomic E-state index is 12.1. The number of ether oxygens (including phenoxy) is 1. The second kappa shape index (κ2) is 7.59. The van der Waals surface area contributed by atoms with Crippen molar-refractivity contribution in [1.82, 2.24) is 4.90 Å². The molecule has 1 unspecified atom stereocenters. The van der Waals surface area contributed by atoms with Crippen LogP contribution in [0.25, 0.3) is 0 Å². The van der Waals surface area contributed by atoms with Crippen LogP contribution in [0, 0.1) is 0 Å². The highest BCUT2D eigenvalue weighted by molar-refractivity contribution is 7.09. The van der Waals surface area contributed by atoms with Crippen molar-refractivity contribution in [3.05, 3.63) is 22.4 Å². The van der Waals surface area contributed by atoms with Crippen LogP contribution in [0.2, 0.25) is 0 Å². The van der Waals surface area contributed by atoms with Gasteiger partial charge in [-0.2, -0.15) is 0 Å². The molecular formula is C16H25NO3S. The molecule has 4 nitrogen and oxygen atoms in total. The van der Waals surface area contributed by atoms with Crippen molar-refractivity contribution in [2.75, 3.05) is 7.05 Å². The first kappa shape index (κ1) is 17.7. The molecule has 0 saturated heterocycles. The van der Waals surface area contributed by atoms with Crippen molar-refractivity contribution in [3.63, 3.8) is 0 Å². The van der Waals surface area contributed by atoms with Crippen molar-refractivity contribution in [3.8, 4) is 0 Å². The van der Waals surface area contributed by atoms with Crippen LogP contribution in [0.3, 0.4) is 0 Å². The van der Waals surface area contributed by atoms with E-state index in [1.807, 2.05) is 39.1 Å². The van der Waals surface area contributed by atoms with E-state index in [4.69, 9.17) is 4.74 Å². The lowest BCUT2D eigenvalue weighted by molar-refractivity contribution is -0.156. The maximum atomic E-state index is 12.1. The zero-order chi connectivity index (χ0) is 16.0. The van der Waals surface area contributed by atoms with Crippen LogP contribution >= 0.6 is 11.3 Å². The van der Waals surface area contributed by atoms with Gasteiger partial charge in [0.1, 0.15) is 5.60 Å². The van der Waals surface area contributed by atoms with Gasteiger partial charge in [-0.05, 0) is 39.1 Å². The molecule has 0 radical (unpaired) electrons. The minimum absolute atomic E-state index is 0.0232. The summed E-state index contributed by atoms with van der Waals surface area (Å²) in [5, 5.41) is 2.03. The first-order chi connectivity index (χ1) is 9.69. The van der Waals surface area contributed by atoms with Crippen LogP contribution in [0.15, 0.2) is 17.5 Å². The predicted molar refractivity (Wildman–Crippen MR) is 85.3 cm³/mol. The molecule has 0 fully saturated rings. The lowest BCUT2D eigenvalue weighted by Gasteiger charge is -2.25. The molecule has 0 aliphatic rings. The van der Waals surface area contributed by atoms with Gasteiger partial charge >= 0.3 is 5.97 Å². The Bertz CT molecular complexity index is 462. The van der Waals surface area contributed by atoms with Crippen LogP contribution in [-0.2, 0) is 20.7 Å². The van der Waals surface area contributed by atoms with E-state index in [9.17, 15) is 9.59 Å². The first-order valence-corrected chi connectivity index (χ1v) is 8.07. The van der Waals surface area contributed by atoms with E-state index in [1.165, 1.54) is 4.88 Å². The number of nitrogens with zero attached hydrogens (tertiary/aromatic N) is 1. The fourth-order valence-corrected chi connectivity index (χ4v) is 2.71. The molecule has 1 atom stereocenters. The Hall–Kier alpha value is -1.36. The van der Waals surface area contributed by atoms with Crippen molar-refractivity contribution in [1.29, 1.82) is 0 Å². The normalized spacial score (nSPS) is 12.8. The van der Waals surface area contributed by atoms with Crippen molar-refractivity contribution < 1.29 is 14.3 Å². The topological polar surface area (TPSA) is 46.6 Å². The van der Waals surface area contributed by atoms with Crippen molar-refractivity contribution in [2.24, 2.45) is 0 Å². The Morgan fingerprint density at radius 2 is 2.00 bits per heavy atom. The van der Waals surface area contributed by atoms with Crippen LogP contribution in [-0.4, -0.2) is 35.5 Å². The summed E-state index contributed by atoms with van der Waals surface area (Å²) in [6.45, 7) is 7.48. The Labute approximate surface area is 131 Å². The van der Waals surface area contributed by atoms with Gasteiger partial charge < -0.3 is 9.64 Å². The molecule has 21 heavy (non-hydrogen) atoms. The number of hydrogen-bond acceptors (Lipinski definition) is 4. The van der Waals surface area contributed by atoms with E-state index in [-0.39, 0.29) is 30.8 Å². The Balaban J connectivity index is 2.38. The smallest absolute Gasteiger partial charge is 0.306 e. The molecule has 0 bridgehead atoms. The molecule has 1 aromatic rings. The van der Waals surface area contributed by atoms with Gasteiger partial charge in [-0.3, -0.25) is 9.59 Å². The van der Waals surface area contributed by atoms with Crippen LogP contribution < -0.4 is 0 Å². The van der Waals surface area contributed by atoms with Gasteiger partial charge in [0, 0.05) is 30.8 Å². The highest BCUT2D eigenvalue weighted by Crippen LogP contribution is 2.15. The number of esters is 1. The zero-order valence-electron chi connectivity index (χ0n) is 13.5. The molecule has 0 N–H and O–H groups in total. The molecule has 1 aromatic heterocycles. The molecule has 0 saturated carbocycles. The first-order valence-electron chi connectivity index (χ1n) is 7.19. The molecule has 0 aliphatic heterocycles. The molecular weight excluding hydrogens is 286 g/mol. The number of thiophene rings is 1. The van der Waals surface area contributed by atoms with E-state index < -0.39 is 5.60 Å². The van der Waals surface area contributed by atoms with Gasteiger partial charge in [0.15, 0.2) is 0 Å². The summed E-state index contributed by atoms with van der Waals surface area (Å²) in [5.41, 5.74) is -0.501. The summed E-state index contributed by atoms with van der Waals surface area (Å²) in [7, 11) is 1.79. The van der Waals surface area contributed by atoms with Gasteiger partial charge in [-0.25, -0.2) is 0 Å². The summed E-state index contributed by atoms with van der Waals surface area (Å²) in [6.07, 6.45) is 1.17. The fourth-order valence-electron chi connectivity index (χ4n) is 1.88. The molecule has 0 aliphatic carbocycles. The maximum Gasteiger partial charge on any atom is 0.306 e. The molecule has 1 heterocycles. The second-order valence-electron chi connectivity index (χ2n) is 6.22. The van der Waals surface area contributed by atoms with Crippen LogP contribution in [0.1, 0.15) is 45.4 Å². The van der Waals surface area contributed by atoms with E-state index in [1.54, 1.807) is 23.3 Å². The summed E-state index contributed by atoms with van der Waals surface area (Å²) >= 11 is 1.69. The average molecular weight is 311 g/mol. The quantitative estimate of drug-likeness (QED) is 0.758. The zero-order valence-corrected chi connectivity index (χ0v) is 14.3. The number of hydrogen-bond donors (Lipinski definition) is 0. The number of carbonyl (C=O) groups is 2. The fraction of sp³-hybridized carbons (Fsp3) is 0.625. The lowest BCUT2D eigenvalue weighted by atomic mass is 10.1. The third kappa shape index (κ3) is 6.76. The second-order valence-corrected chi connectivity index (χ2v) is 7.26. The van der Waals surface area contributed by atoms with Crippen molar-refractivity contribution in [2.45, 2.75) is 58.6 Å². The highest BCUT2D eigenvalue weighted by Gasteiger charge is 2.20. The van der Waals surface area contributed by atoms with Gasteiger partial charge in [-0.1, -0.05) is 6.07 Å². The van der Waals surface area contributed by atoms with Gasteiger partial charge in [-0.15, -0.1) is 11.3 Å². The molecule has 0 aromatic carbocycles. The van der Waals surface area contributed by atoms with Crippen molar-refractivity contribution >= 4 is 23.2 Å². The Morgan fingerprint density at radius 1 is 1.33 bits per heavy atom. The number of rotatable bonds is 6. The number of carbonyl (C=O) groups excluding carboxylic acids is 2. The molecule has 1 rings (SSSR count). The number of likely N-dealkylation sites (N-methyl/N-ethyl adjacent to an activating group) is 1. The average Bonchev–Trinajstić information content (AvgIpc) is 2.85. The third-order valence-corrected chi connectivity index (χ3v) is 3.99. The third-order valence-electron chi connectivity index (χ3n) is 3.09. The lowest BCUT2D eigenvalue weighted by Crippen LogP contribution is -2.36. The minimum atomic E-state index is -0.501. The summed E-state index contributed by atoms with van der Waals surface area (Å²) in [6, 6.07) is 4.20. The van der Waals surface area contributed by atoms with Gasteiger partial charge in [0.05, 0.1) is 6.42 Å². The van der Waals surface area contributed by atoms with Crippen LogP contribution in [0.4, 0.5) is 0 Å². The Morgan fingerprint density at radius 3 is 2.52 bits per heavy atom. The molecule has 0 spiro atoms. The predicted octanol–water partition coefficient (Wildman–Crippen LogP) is 3.26. The summed E-state index contributed by atoms with van der Waals surface area (Å²) in [5.74, 6) is -0.347. The van der Waals surface area contributed by atoms with E-state index in [2.05, 4.69) is 6.07 Å². The Kier molecular flexibility index (Phi) is 6.40. The number of amides is 1.